The summed E-state index contributed by atoms with van der Waals surface area (Å²) in [6.07, 6.45) is -0.933. The molecule has 0 heterocycles. The molecule has 0 bridgehead atoms. The van der Waals surface area contributed by atoms with E-state index in [1.807, 2.05) is 182 Å². The highest BCUT2D eigenvalue weighted by Crippen LogP contribution is 2.44. The Morgan fingerprint density at radius 3 is 1.54 bits per heavy atom. The number of hydrogen-bond donors (Lipinski definition) is 2. The summed E-state index contributed by atoms with van der Waals surface area (Å²) in [4.78, 5) is 41.7. The van der Waals surface area contributed by atoms with Crippen LogP contribution in [0.4, 0.5) is 4.79 Å². The average Bonchev–Trinajstić information content (AvgIpc) is 3.64. The average molecular weight is 807 g/mol. The Morgan fingerprint density at radius 2 is 1.00 bits per heavy atom. The fraction of sp³-hybridized carbons (Fsp3) is 0.151. The van der Waals surface area contributed by atoms with Gasteiger partial charge in [0.25, 0.3) is 0 Å². The first-order valence-electron chi connectivity index (χ1n) is 20.5. The first kappa shape index (κ1) is 40.3. The second-order valence-electron chi connectivity index (χ2n) is 15.0. The van der Waals surface area contributed by atoms with E-state index in [-0.39, 0.29) is 37.9 Å². The molecule has 2 N–H and O–H groups in total. The van der Waals surface area contributed by atoms with E-state index < -0.39 is 23.6 Å². The second kappa shape index (κ2) is 19.1. The lowest BCUT2D eigenvalue weighted by Crippen LogP contribution is -2.48. The third-order valence-electron chi connectivity index (χ3n) is 11.1. The number of carbonyl (C=O) groups is 3. The van der Waals surface area contributed by atoms with Crippen LogP contribution in [0.25, 0.3) is 11.1 Å². The van der Waals surface area contributed by atoms with Crippen molar-refractivity contribution in [2.75, 3.05) is 6.61 Å². The number of hydrogen-bond acceptors (Lipinski definition) is 6. The van der Waals surface area contributed by atoms with Crippen LogP contribution >= 0.6 is 0 Å². The van der Waals surface area contributed by atoms with Gasteiger partial charge in [0, 0.05) is 12.3 Å². The maximum atomic E-state index is 14.3. The maximum absolute atomic E-state index is 14.3. The molecule has 1 atom stereocenters. The van der Waals surface area contributed by atoms with Crippen LogP contribution in [0.5, 0.6) is 5.75 Å². The number of fused-ring (bicyclic) bond motifs is 3. The van der Waals surface area contributed by atoms with Crippen LogP contribution in [-0.4, -0.2) is 30.6 Å². The molecule has 0 aliphatic heterocycles. The highest BCUT2D eigenvalue weighted by molar-refractivity contribution is 5.84. The molecule has 61 heavy (non-hydrogen) atoms. The third kappa shape index (κ3) is 9.40. The molecular weight excluding hydrogens is 761 g/mol. The van der Waals surface area contributed by atoms with E-state index in [1.54, 1.807) is 0 Å². The molecule has 304 valence electrons. The molecule has 2 amide bonds. The van der Waals surface area contributed by atoms with E-state index in [2.05, 4.69) is 22.8 Å². The Labute approximate surface area is 356 Å². The standard InChI is InChI=1S/C53H46N2O6/c56-50(55-53(40-19-7-2-8-20-40,41-21-9-3-10-22-41)42-23-11-4-12-24-42)34-33-49(51(57)60-36-39-29-31-43(32-30-39)59-35-38-17-5-1-6-18-38)54-52(58)61-37-48-46-27-15-13-25-44(46)45-26-14-16-28-47(45)48/h1-32,48-49H,33-37H2,(H,54,58)(H,55,56)/t49-/m0/s1. The van der Waals surface area contributed by atoms with Crippen LogP contribution in [0.3, 0.4) is 0 Å². The highest BCUT2D eigenvalue weighted by Gasteiger charge is 2.38. The van der Waals surface area contributed by atoms with Gasteiger partial charge < -0.3 is 24.8 Å². The van der Waals surface area contributed by atoms with Gasteiger partial charge in [-0.1, -0.05) is 182 Å². The molecule has 8 nitrogen and oxygen atoms in total. The monoisotopic (exact) mass is 806 g/mol. The molecule has 0 saturated carbocycles. The number of nitrogens with one attached hydrogen (secondary N) is 2. The Morgan fingerprint density at radius 1 is 0.525 bits per heavy atom. The fourth-order valence-electron chi connectivity index (χ4n) is 8.04. The highest BCUT2D eigenvalue weighted by atomic mass is 16.6. The van der Waals surface area contributed by atoms with Gasteiger partial charge in [0.2, 0.25) is 5.91 Å². The van der Waals surface area contributed by atoms with Gasteiger partial charge in [-0.05, 0) is 68.6 Å². The molecule has 0 radical (unpaired) electrons. The Balaban J connectivity index is 0.985. The van der Waals surface area contributed by atoms with E-state index >= 15 is 0 Å². The summed E-state index contributed by atoms with van der Waals surface area (Å²) in [5.41, 5.74) is 7.68. The number of alkyl carbamates (subject to hydrolysis) is 1. The second-order valence-corrected chi connectivity index (χ2v) is 15.0. The zero-order valence-corrected chi connectivity index (χ0v) is 33.6. The van der Waals surface area contributed by atoms with Gasteiger partial charge in [-0.25, -0.2) is 9.59 Å². The summed E-state index contributed by atoms with van der Waals surface area (Å²) in [6.45, 7) is 0.440. The minimum absolute atomic E-state index is 0.0461. The molecule has 7 aromatic rings. The summed E-state index contributed by atoms with van der Waals surface area (Å²) >= 11 is 0. The van der Waals surface area contributed by atoms with Crippen LogP contribution in [-0.2, 0) is 37.8 Å². The van der Waals surface area contributed by atoms with Crippen molar-refractivity contribution < 1.29 is 28.6 Å². The zero-order valence-electron chi connectivity index (χ0n) is 33.6. The molecular formula is C53H46N2O6. The quantitative estimate of drug-likeness (QED) is 0.0745. The lowest BCUT2D eigenvalue weighted by molar-refractivity contribution is -0.147. The lowest BCUT2D eigenvalue weighted by Gasteiger charge is -2.37. The summed E-state index contributed by atoms with van der Waals surface area (Å²) in [6, 6.07) is 61.5. The van der Waals surface area contributed by atoms with E-state index in [4.69, 9.17) is 14.2 Å². The Bertz CT molecular complexity index is 2410. The van der Waals surface area contributed by atoms with Crippen molar-refractivity contribution in [1.82, 2.24) is 10.6 Å². The predicted octanol–water partition coefficient (Wildman–Crippen LogP) is 10.1. The number of rotatable bonds is 16. The molecule has 0 aromatic heterocycles. The van der Waals surface area contributed by atoms with E-state index in [9.17, 15) is 14.4 Å². The molecule has 0 fully saturated rings. The molecule has 8 rings (SSSR count). The molecule has 7 aromatic carbocycles. The van der Waals surface area contributed by atoms with Gasteiger partial charge >= 0.3 is 12.1 Å². The summed E-state index contributed by atoms with van der Waals surface area (Å²) in [7, 11) is 0. The first-order chi connectivity index (χ1) is 30.0. The van der Waals surface area contributed by atoms with E-state index in [0.717, 1.165) is 50.1 Å². The molecule has 8 heteroatoms. The van der Waals surface area contributed by atoms with E-state index in [1.165, 1.54) is 0 Å². The third-order valence-corrected chi connectivity index (χ3v) is 11.1. The van der Waals surface area contributed by atoms with Crippen LogP contribution < -0.4 is 15.4 Å². The Hall–Kier alpha value is -7.45. The van der Waals surface area contributed by atoms with Crippen molar-refractivity contribution >= 4 is 18.0 Å². The smallest absolute Gasteiger partial charge is 0.407 e. The van der Waals surface area contributed by atoms with Crippen molar-refractivity contribution in [2.24, 2.45) is 0 Å². The molecule has 1 aliphatic rings. The fourth-order valence-corrected chi connectivity index (χ4v) is 8.04. The number of benzene rings is 7. The SMILES string of the molecule is O=C(CC[C@H](NC(=O)OCC1c2ccccc2-c2ccccc21)C(=O)OCc1ccc(OCc2ccccc2)cc1)NC(c1ccccc1)(c1ccccc1)c1ccccc1. The summed E-state index contributed by atoms with van der Waals surface area (Å²) < 4.78 is 17.6. The van der Waals surface area contributed by atoms with Gasteiger partial charge in [0.1, 0.15) is 37.2 Å². The van der Waals surface area contributed by atoms with Crippen LogP contribution in [0.15, 0.2) is 194 Å². The normalized spacial score (nSPS) is 12.3. The summed E-state index contributed by atoms with van der Waals surface area (Å²) in [5, 5.41) is 6.09. The lowest BCUT2D eigenvalue weighted by atomic mass is 9.77. The zero-order chi connectivity index (χ0) is 41.9. The number of amides is 2. The summed E-state index contributed by atoms with van der Waals surface area (Å²) in [5.74, 6) is -0.505. The van der Waals surface area contributed by atoms with Gasteiger partial charge in [0.05, 0.1) is 0 Å². The van der Waals surface area contributed by atoms with Crippen LogP contribution in [0, 0.1) is 0 Å². The maximum Gasteiger partial charge on any atom is 0.407 e. The number of ether oxygens (including phenoxy) is 3. The van der Waals surface area contributed by atoms with Crippen LogP contribution in [0.1, 0.15) is 57.7 Å². The van der Waals surface area contributed by atoms with Crippen LogP contribution in [0.2, 0.25) is 0 Å². The van der Waals surface area contributed by atoms with Crippen molar-refractivity contribution in [3.05, 3.63) is 233 Å². The predicted molar refractivity (Wildman–Crippen MR) is 236 cm³/mol. The number of carbonyl (C=O) groups excluding carboxylic acids is 3. The van der Waals surface area contributed by atoms with Gasteiger partial charge in [-0.3, -0.25) is 4.79 Å². The van der Waals surface area contributed by atoms with Crippen molar-refractivity contribution in [1.29, 1.82) is 0 Å². The molecule has 1 aliphatic carbocycles. The van der Waals surface area contributed by atoms with E-state index in [0.29, 0.717) is 12.4 Å². The molecule has 0 saturated heterocycles. The topological polar surface area (TPSA) is 103 Å². The largest absolute Gasteiger partial charge is 0.489 e. The Kier molecular flexibility index (Phi) is 12.6. The minimum Gasteiger partial charge on any atom is -0.489 e. The van der Waals surface area contributed by atoms with Crippen molar-refractivity contribution in [2.45, 2.75) is 43.6 Å². The minimum atomic E-state index is -1.19. The number of esters is 1. The van der Waals surface area contributed by atoms with Gasteiger partial charge in [-0.15, -0.1) is 0 Å². The van der Waals surface area contributed by atoms with Crippen molar-refractivity contribution in [3.8, 4) is 16.9 Å². The van der Waals surface area contributed by atoms with Gasteiger partial charge in [-0.2, -0.15) is 0 Å². The first-order valence-corrected chi connectivity index (χ1v) is 20.5. The van der Waals surface area contributed by atoms with Gasteiger partial charge in [0.15, 0.2) is 0 Å². The molecule has 0 spiro atoms. The van der Waals surface area contributed by atoms with Crippen molar-refractivity contribution in [3.63, 3.8) is 0 Å². The molecule has 0 unspecified atom stereocenters.